The third-order valence-electron chi connectivity index (χ3n) is 4.86. The zero-order valence-electron chi connectivity index (χ0n) is 22.2. The fourth-order valence-electron chi connectivity index (χ4n) is 4.45. The van der Waals surface area contributed by atoms with Gasteiger partial charge in [-0.1, -0.05) is 18.2 Å². The first kappa shape index (κ1) is 27.0. The van der Waals surface area contributed by atoms with Crippen molar-refractivity contribution < 1.29 is 17.5 Å². The van der Waals surface area contributed by atoms with Crippen LogP contribution in [0.2, 0.25) is 58.9 Å². The van der Waals surface area contributed by atoms with Crippen LogP contribution < -0.4 is 0 Å². The lowest BCUT2D eigenvalue weighted by atomic mass is 10.1. The quantitative estimate of drug-likeness (QED) is 0.339. The lowest BCUT2D eigenvalue weighted by molar-refractivity contribution is 0.322. The molecule has 1 atom stereocenters. The summed E-state index contributed by atoms with van der Waals surface area (Å²) in [4.78, 5) is 1.52. The molecular weight excluding hydrogens is 495 g/mol. The van der Waals surface area contributed by atoms with E-state index in [9.17, 15) is 5.11 Å². The van der Waals surface area contributed by atoms with Gasteiger partial charge >= 0.3 is 17.1 Å². The molecule has 34 heavy (non-hydrogen) atoms. The van der Waals surface area contributed by atoms with Crippen LogP contribution in [0.3, 0.4) is 0 Å². The van der Waals surface area contributed by atoms with Gasteiger partial charge in [-0.05, 0) is 95.2 Å². The zero-order valence-corrected chi connectivity index (χ0v) is 26.2. The van der Waals surface area contributed by atoms with Crippen molar-refractivity contribution in [1.82, 2.24) is 15.0 Å². The van der Waals surface area contributed by atoms with E-state index in [1.807, 2.05) is 43.3 Å². The van der Waals surface area contributed by atoms with E-state index in [1.165, 1.54) is 4.80 Å². The van der Waals surface area contributed by atoms with Crippen molar-refractivity contribution in [2.45, 2.75) is 71.9 Å². The van der Waals surface area contributed by atoms with Crippen LogP contribution in [0.5, 0.6) is 5.75 Å². The highest BCUT2D eigenvalue weighted by Gasteiger charge is 2.45. The fraction of sp³-hybridized carbons (Fsp3) is 0.478. The van der Waals surface area contributed by atoms with E-state index in [1.54, 1.807) is 0 Å². The molecule has 11 heteroatoms. The molecule has 7 nitrogen and oxygen atoms in total. The second-order valence-electron chi connectivity index (χ2n) is 11.5. The van der Waals surface area contributed by atoms with Gasteiger partial charge < -0.3 is 17.5 Å². The number of fused-ring (bicyclic) bond motifs is 1. The van der Waals surface area contributed by atoms with Crippen LogP contribution in [-0.2, 0) is 18.4 Å². The molecule has 0 saturated heterocycles. The van der Waals surface area contributed by atoms with E-state index in [-0.39, 0.29) is 5.75 Å². The van der Waals surface area contributed by atoms with Gasteiger partial charge in [0, 0.05) is 6.04 Å². The molecule has 0 spiro atoms. The Morgan fingerprint density at radius 3 is 1.82 bits per heavy atom. The molecule has 0 fully saturated rings. The molecule has 1 unspecified atom stereocenters. The summed E-state index contributed by atoms with van der Waals surface area (Å²) in [6, 6.07) is 12.1. The number of rotatable bonds is 9. The number of hydrogen-bond acceptors (Lipinski definition) is 6. The number of benzene rings is 2. The summed E-state index contributed by atoms with van der Waals surface area (Å²) >= 11 is 0. The van der Waals surface area contributed by atoms with Crippen LogP contribution in [0, 0.1) is 6.92 Å². The Balaban J connectivity index is 2.02. The van der Waals surface area contributed by atoms with E-state index >= 15 is 0 Å². The van der Waals surface area contributed by atoms with E-state index < -0.39 is 33.8 Å². The zero-order chi connectivity index (χ0) is 25.5. The van der Waals surface area contributed by atoms with Gasteiger partial charge in [-0.3, -0.25) is 0 Å². The number of aryl methyl sites for hydroxylation is 1. The minimum absolute atomic E-state index is 0.165. The van der Waals surface area contributed by atoms with Crippen LogP contribution in [0.25, 0.3) is 16.7 Å². The third-order valence-corrected chi connectivity index (χ3v) is 18.2. The van der Waals surface area contributed by atoms with Crippen molar-refractivity contribution in [2.24, 2.45) is 0 Å². The molecule has 0 amide bonds. The van der Waals surface area contributed by atoms with Crippen LogP contribution in [0.1, 0.15) is 11.1 Å². The van der Waals surface area contributed by atoms with Crippen LogP contribution in [-0.4, -0.2) is 53.9 Å². The SMILES string of the molecule is Cc1cc(C[Si](C)(O[Si](C)(C)C)O[Si](C)(C)O[Si](C)(C)C)c(O)c(-n2nc3ccccc3n2)c1. The summed E-state index contributed by atoms with van der Waals surface area (Å²) in [5.41, 5.74) is 3.94. The maximum atomic E-state index is 11.3. The van der Waals surface area contributed by atoms with Crippen LogP contribution in [0.15, 0.2) is 36.4 Å². The molecule has 1 heterocycles. The molecule has 0 radical (unpaired) electrons. The average Bonchev–Trinajstić information content (AvgIpc) is 3.03. The molecule has 3 rings (SSSR count). The maximum absolute atomic E-state index is 11.3. The summed E-state index contributed by atoms with van der Waals surface area (Å²) in [6.07, 6.45) is 0. The Labute approximate surface area is 207 Å². The Bertz CT molecular complexity index is 1140. The van der Waals surface area contributed by atoms with Crippen molar-refractivity contribution in [3.63, 3.8) is 0 Å². The molecule has 0 saturated carbocycles. The number of aromatic hydroxyl groups is 1. The Hall–Kier alpha value is -1.61. The predicted octanol–water partition coefficient (Wildman–Crippen LogP) is 6.01. The normalized spacial score (nSPS) is 15.0. The first-order chi connectivity index (χ1) is 15.5. The van der Waals surface area contributed by atoms with Gasteiger partial charge in [-0.25, -0.2) is 0 Å². The number of hydrogen-bond donors (Lipinski definition) is 1. The lowest BCUT2D eigenvalue weighted by Gasteiger charge is -2.41. The monoisotopic (exact) mass is 533 g/mol. The Morgan fingerprint density at radius 2 is 1.32 bits per heavy atom. The molecule has 0 aliphatic carbocycles. The smallest absolute Gasteiger partial charge is 0.320 e. The molecule has 0 aliphatic heterocycles. The predicted molar refractivity (Wildman–Crippen MR) is 148 cm³/mol. The minimum Gasteiger partial charge on any atom is -0.505 e. The Kier molecular flexibility index (Phi) is 7.50. The first-order valence-corrected chi connectivity index (χ1v) is 23.9. The molecule has 0 bridgehead atoms. The topological polar surface area (TPSA) is 78.6 Å². The van der Waals surface area contributed by atoms with Crippen molar-refractivity contribution in [3.8, 4) is 11.4 Å². The standard InChI is InChI=1S/C23H39N3O4Si4/c1-18-15-19(23(27)22(16-18)26-24-20-13-11-12-14-21(20)25-26)17-34(10,29-32(5,6)7)30-33(8,9)28-31(2,3)4/h11-16,27H,17H2,1-10H3. The molecule has 186 valence electrons. The summed E-state index contributed by atoms with van der Waals surface area (Å²) in [6.45, 7) is 21.4. The van der Waals surface area contributed by atoms with Gasteiger partial charge in [0.1, 0.15) is 22.5 Å². The fourth-order valence-corrected chi connectivity index (χ4v) is 22.3. The second-order valence-corrected chi connectivity index (χ2v) is 27.8. The van der Waals surface area contributed by atoms with Crippen molar-refractivity contribution in [3.05, 3.63) is 47.5 Å². The van der Waals surface area contributed by atoms with Crippen molar-refractivity contribution in [1.29, 1.82) is 0 Å². The number of phenolic OH excluding ortho intramolecular Hbond substituents is 1. The van der Waals surface area contributed by atoms with E-state index in [4.69, 9.17) is 12.3 Å². The van der Waals surface area contributed by atoms with Crippen LogP contribution >= 0.6 is 0 Å². The van der Waals surface area contributed by atoms with Gasteiger partial charge in [0.05, 0.1) is 0 Å². The van der Waals surface area contributed by atoms with E-state index in [0.717, 1.165) is 22.2 Å². The summed E-state index contributed by atoms with van der Waals surface area (Å²) in [5, 5.41) is 20.5. The largest absolute Gasteiger partial charge is 0.505 e. The number of nitrogens with zero attached hydrogens (tertiary/aromatic N) is 3. The molecular formula is C23H39N3O4Si4. The maximum Gasteiger partial charge on any atom is 0.320 e. The third kappa shape index (κ3) is 7.20. The second kappa shape index (κ2) is 9.45. The summed E-state index contributed by atoms with van der Waals surface area (Å²) in [7, 11) is -8.93. The molecule has 2 aromatic carbocycles. The molecule has 0 aliphatic rings. The highest BCUT2D eigenvalue weighted by Crippen LogP contribution is 2.33. The highest BCUT2D eigenvalue weighted by atomic mass is 28.5. The molecule has 1 N–H and O–H groups in total. The Morgan fingerprint density at radius 1 is 0.794 bits per heavy atom. The van der Waals surface area contributed by atoms with Gasteiger partial charge in [0.15, 0.2) is 16.6 Å². The van der Waals surface area contributed by atoms with Gasteiger partial charge in [0.25, 0.3) is 0 Å². The summed E-state index contributed by atoms with van der Waals surface area (Å²) in [5.74, 6) is 0.165. The molecule has 3 aromatic rings. The van der Waals surface area contributed by atoms with Gasteiger partial charge in [-0.15, -0.1) is 15.0 Å². The molecule has 1 aromatic heterocycles. The average molecular weight is 534 g/mol. The van der Waals surface area contributed by atoms with Crippen LogP contribution in [0.4, 0.5) is 0 Å². The van der Waals surface area contributed by atoms with E-state index in [0.29, 0.717) is 11.7 Å². The summed E-state index contributed by atoms with van der Waals surface area (Å²) < 4.78 is 20.1. The van der Waals surface area contributed by atoms with Crippen molar-refractivity contribution in [2.75, 3.05) is 0 Å². The minimum atomic E-state index is -2.76. The van der Waals surface area contributed by atoms with Gasteiger partial charge in [-0.2, -0.15) is 0 Å². The van der Waals surface area contributed by atoms with Crippen molar-refractivity contribution >= 4 is 44.8 Å². The highest BCUT2D eigenvalue weighted by molar-refractivity contribution is 6.89. The first-order valence-electron chi connectivity index (χ1n) is 11.7. The van der Waals surface area contributed by atoms with Gasteiger partial charge in [0.2, 0.25) is 0 Å². The lowest BCUT2D eigenvalue weighted by Crippen LogP contribution is -2.58. The number of phenols is 1. The van der Waals surface area contributed by atoms with E-state index in [2.05, 4.69) is 69.1 Å². The number of aromatic nitrogens is 3.